The first-order valence-electron chi connectivity index (χ1n) is 4.97. The molecule has 2 N–H and O–H groups in total. The van der Waals surface area contributed by atoms with E-state index in [1.807, 2.05) is 24.3 Å². The molecular formula is C11H14N2O2. The monoisotopic (exact) mass is 206 g/mol. The second kappa shape index (κ2) is 4.31. The lowest BCUT2D eigenvalue weighted by Gasteiger charge is -2.24. The molecule has 1 aliphatic heterocycles. The van der Waals surface area contributed by atoms with Crippen molar-refractivity contribution >= 4 is 5.91 Å². The average molecular weight is 206 g/mol. The number of nitrogens with one attached hydrogen (secondary N) is 2. The first-order valence-corrected chi connectivity index (χ1v) is 4.97. The van der Waals surface area contributed by atoms with Crippen molar-refractivity contribution < 1.29 is 9.53 Å². The van der Waals surface area contributed by atoms with E-state index in [9.17, 15) is 4.79 Å². The molecule has 1 fully saturated rings. The molecule has 0 saturated carbocycles. The Morgan fingerprint density at radius 3 is 2.87 bits per heavy atom. The van der Waals surface area contributed by atoms with Gasteiger partial charge in [-0.1, -0.05) is 18.2 Å². The lowest BCUT2D eigenvalue weighted by molar-refractivity contribution is -0.124. The fourth-order valence-corrected chi connectivity index (χ4v) is 1.75. The second-order valence-electron chi connectivity index (χ2n) is 3.42. The molecule has 1 heterocycles. The predicted molar refractivity (Wildman–Crippen MR) is 56.7 cm³/mol. The minimum atomic E-state index is -0.296. The van der Waals surface area contributed by atoms with Crippen LogP contribution >= 0.6 is 0 Å². The van der Waals surface area contributed by atoms with Crippen LogP contribution in [0.5, 0.6) is 5.75 Å². The van der Waals surface area contributed by atoms with Gasteiger partial charge in [0.15, 0.2) is 0 Å². The Kier molecular flexibility index (Phi) is 2.87. The van der Waals surface area contributed by atoms with Gasteiger partial charge >= 0.3 is 0 Å². The zero-order valence-electron chi connectivity index (χ0n) is 8.62. The number of amides is 1. The number of para-hydroxylation sites is 1. The van der Waals surface area contributed by atoms with Crippen molar-refractivity contribution in [1.29, 1.82) is 0 Å². The van der Waals surface area contributed by atoms with E-state index in [0.717, 1.165) is 17.9 Å². The van der Waals surface area contributed by atoms with Gasteiger partial charge < -0.3 is 15.4 Å². The van der Waals surface area contributed by atoms with Crippen LogP contribution in [0.4, 0.5) is 0 Å². The summed E-state index contributed by atoms with van der Waals surface area (Å²) in [5.41, 5.74) is 0.886. The molecule has 80 valence electrons. The van der Waals surface area contributed by atoms with Gasteiger partial charge in [-0.25, -0.2) is 0 Å². The molecule has 0 bridgehead atoms. The highest BCUT2D eigenvalue weighted by molar-refractivity contribution is 5.84. The SMILES string of the molecule is COc1ccccc1[C@@H]1NCCNC1=O. The van der Waals surface area contributed by atoms with Crippen LogP contribution in [0.1, 0.15) is 11.6 Å². The number of ether oxygens (including phenoxy) is 1. The number of rotatable bonds is 2. The molecule has 0 spiro atoms. The zero-order valence-corrected chi connectivity index (χ0v) is 8.62. The molecule has 1 amide bonds. The van der Waals surface area contributed by atoms with E-state index < -0.39 is 0 Å². The highest BCUT2D eigenvalue weighted by Gasteiger charge is 2.25. The quantitative estimate of drug-likeness (QED) is 0.739. The summed E-state index contributed by atoms with van der Waals surface area (Å²) in [6.45, 7) is 1.47. The third kappa shape index (κ3) is 1.94. The Morgan fingerprint density at radius 1 is 1.33 bits per heavy atom. The van der Waals surface area contributed by atoms with Gasteiger partial charge in [-0.3, -0.25) is 4.79 Å². The number of piperazine rings is 1. The van der Waals surface area contributed by atoms with Crippen molar-refractivity contribution in [3.8, 4) is 5.75 Å². The molecular weight excluding hydrogens is 192 g/mol. The summed E-state index contributed by atoms with van der Waals surface area (Å²) in [7, 11) is 1.61. The number of carbonyl (C=O) groups excluding carboxylic acids is 1. The van der Waals surface area contributed by atoms with Gasteiger partial charge in [0.05, 0.1) is 7.11 Å². The summed E-state index contributed by atoms with van der Waals surface area (Å²) in [6.07, 6.45) is 0. The third-order valence-corrected chi connectivity index (χ3v) is 2.48. The van der Waals surface area contributed by atoms with Gasteiger partial charge in [-0.2, -0.15) is 0 Å². The normalized spacial score (nSPS) is 20.9. The summed E-state index contributed by atoms with van der Waals surface area (Å²) in [4.78, 5) is 11.6. The predicted octanol–water partition coefficient (Wildman–Crippen LogP) is 0.456. The van der Waals surface area contributed by atoms with Crippen molar-refractivity contribution in [2.24, 2.45) is 0 Å². The summed E-state index contributed by atoms with van der Waals surface area (Å²) in [5.74, 6) is 0.748. The summed E-state index contributed by atoms with van der Waals surface area (Å²) >= 11 is 0. The third-order valence-electron chi connectivity index (χ3n) is 2.48. The topological polar surface area (TPSA) is 50.4 Å². The van der Waals surface area contributed by atoms with Crippen LogP contribution in [-0.2, 0) is 4.79 Å². The number of methoxy groups -OCH3 is 1. The number of hydrogen-bond donors (Lipinski definition) is 2. The zero-order chi connectivity index (χ0) is 10.7. The van der Waals surface area contributed by atoms with Crippen LogP contribution < -0.4 is 15.4 Å². The summed E-state index contributed by atoms with van der Waals surface area (Å²) in [5, 5.41) is 5.99. The van der Waals surface area contributed by atoms with E-state index in [2.05, 4.69) is 10.6 Å². The highest BCUT2D eigenvalue weighted by Crippen LogP contribution is 2.25. The molecule has 1 saturated heterocycles. The van der Waals surface area contributed by atoms with E-state index in [-0.39, 0.29) is 11.9 Å². The number of carbonyl (C=O) groups is 1. The molecule has 1 aromatic rings. The lowest BCUT2D eigenvalue weighted by Crippen LogP contribution is -2.47. The van der Waals surface area contributed by atoms with Gasteiger partial charge in [-0.05, 0) is 6.07 Å². The Hall–Kier alpha value is -1.55. The molecule has 0 radical (unpaired) electrons. The van der Waals surface area contributed by atoms with Crippen LogP contribution in [0.3, 0.4) is 0 Å². The molecule has 4 heteroatoms. The van der Waals surface area contributed by atoms with Crippen molar-refractivity contribution in [2.45, 2.75) is 6.04 Å². The van der Waals surface area contributed by atoms with Gasteiger partial charge in [-0.15, -0.1) is 0 Å². The molecule has 1 atom stereocenters. The van der Waals surface area contributed by atoms with E-state index >= 15 is 0 Å². The molecule has 1 aliphatic rings. The lowest BCUT2D eigenvalue weighted by atomic mass is 10.0. The van der Waals surface area contributed by atoms with Crippen LogP contribution in [0.15, 0.2) is 24.3 Å². The standard InChI is InChI=1S/C11H14N2O2/c1-15-9-5-3-2-4-8(9)10-11(14)13-7-6-12-10/h2-5,10,12H,6-7H2,1H3,(H,13,14)/t10-/m0/s1. The van der Waals surface area contributed by atoms with E-state index in [1.165, 1.54) is 0 Å². The smallest absolute Gasteiger partial charge is 0.241 e. The Bertz CT molecular complexity index is 365. The fraction of sp³-hybridized carbons (Fsp3) is 0.364. The maximum Gasteiger partial charge on any atom is 0.241 e. The summed E-state index contributed by atoms with van der Waals surface area (Å²) < 4.78 is 5.23. The Labute approximate surface area is 88.6 Å². The average Bonchev–Trinajstić information content (AvgIpc) is 2.30. The first-order chi connectivity index (χ1) is 7.33. The van der Waals surface area contributed by atoms with Crippen molar-refractivity contribution in [3.05, 3.63) is 29.8 Å². The highest BCUT2D eigenvalue weighted by atomic mass is 16.5. The minimum absolute atomic E-state index is 0.00532. The van der Waals surface area contributed by atoms with Crippen LogP contribution in [0.25, 0.3) is 0 Å². The Morgan fingerprint density at radius 2 is 2.13 bits per heavy atom. The maximum absolute atomic E-state index is 11.6. The van der Waals surface area contributed by atoms with Crippen LogP contribution in [0.2, 0.25) is 0 Å². The van der Waals surface area contributed by atoms with Crippen LogP contribution in [-0.4, -0.2) is 26.1 Å². The fourth-order valence-electron chi connectivity index (χ4n) is 1.75. The minimum Gasteiger partial charge on any atom is -0.496 e. The molecule has 0 unspecified atom stereocenters. The first kappa shape index (κ1) is 9.98. The largest absolute Gasteiger partial charge is 0.496 e. The summed E-state index contributed by atoms with van der Waals surface area (Å²) in [6, 6.07) is 7.26. The van der Waals surface area contributed by atoms with Gasteiger partial charge in [0.1, 0.15) is 11.8 Å². The maximum atomic E-state index is 11.6. The molecule has 2 rings (SSSR count). The van der Waals surface area contributed by atoms with E-state index in [4.69, 9.17) is 4.74 Å². The van der Waals surface area contributed by atoms with E-state index in [1.54, 1.807) is 7.11 Å². The number of benzene rings is 1. The van der Waals surface area contributed by atoms with Crippen molar-refractivity contribution in [2.75, 3.05) is 20.2 Å². The van der Waals surface area contributed by atoms with Gasteiger partial charge in [0.2, 0.25) is 5.91 Å². The molecule has 0 aromatic heterocycles. The second-order valence-corrected chi connectivity index (χ2v) is 3.42. The molecule has 1 aromatic carbocycles. The number of hydrogen-bond acceptors (Lipinski definition) is 3. The van der Waals surface area contributed by atoms with Gasteiger partial charge in [0.25, 0.3) is 0 Å². The Balaban J connectivity index is 2.30. The molecule has 15 heavy (non-hydrogen) atoms. The van der Waals surface area contributed by atoms with E-state index in [0.29, 0.717) is 6.54 Å². The molecule has 4 nitrogen and oxygen atoms in total. The van der Waals surface area contributed by atoms with Crippen molar-refractivity contribution in [3.63, 3.8) is 0 Å². The van der Waals surface area contributed by atoms with Crippen molar-refractivity contribution in [1.82, 2.24) is 10.6 Å². The van der Waals surface area contributed by atoms with Gasteiger partial charge in [0, 0.05) is 18.7 Å². The molecule has 0 aliphatic carbocycles. The van der Waals surface area contributed by atoms with Crippen LogP contribution in [0, 0.1) is 0 Å².